The van der Waals surface area contributed by atoms with Crippen molar-refractivity contribution >= 4 is 10.9 Å². The van der Waals surface area contributed by atoms with E-state index in [2.05, 4.69) is 40.8 Å². The van der Waals surface area contributed by atoms with Crippen LogP contribution >= 0.6 is 0 Å². The lowest BCUT2D eigenvalue weighted by atomic mass is 9.95. The maximum atomic E-state index is 10.2. The quantitative estimate of drug-likeness (QED) is 0.933. The van der Waals surface area contributed by atoms with Crippen molar-refractivity contribution in [3.63, 3.8) is 0 Å². The number of piperidine rings is 1. The van der Waals surface area contributed by atoms with Crippen LogP contribution in [0.1, 0.15) is 32.4 Å². The van der Waals surface area contributed by atoms with Crippen LogP contribution in [0.25, 0.3) is 10.9 Å². The number of hydrogen-bond acceptors (Lipinski definition) is 3. The molecule has 0 spiro atoms. The van der Waals surface area contributed by atoms with Crippen molar-refractivity contribution in [3.05, 3.63) is 30.0 Å². The van der Waals surface area contributed by atoms with E-state index in [9.17, 15) is 5.11 Å². The molecule has 1 aliphatic heterocycles. The maximum Gasteiger partial charge on any atom is 0.0843 e. The van der Waals surface area contributed by atoms with E-state index in [0.29, 0.717) is 0 Å². The molecule has 0 bridgehead atoms. The molecule has 1 saturated heterocycles. The molecule has 20 heavy (non-hydrogen) atoms. The summed E-state index contributed by atoms with van der Waals surface area (Å²) in [6, 6.07) is 8.40. The van der Waals surface area contributed by atoms with Gasteiger partial charge in [0.1, 0.15) is 0 Å². The van der Waals surface area contributed by atoms with Gasteiger partial charge in [0.2, 0.25) is 0 Å². The van der Waals surface area contributed by atoms with Crippen LogP contribution in [-0.2, 0) is 13.1 Å². The molecule has 1 N–H and O–H groups in total. The van der Waals surface area contributed by atoms with Crippen molar-refractivity contribution in [2.24, 2.45) is 0 Å². The Morgan fingerprint density at radius 3 is 2.90 bits per heavy atom. The fourth-order valence-corrected chi connectivity index (χ4v) is 3.22. The van der Waals surface area contributed by atoms with E-state index in [1.165, 1.54) is 10.9 Å². The molecule has 4 heteroatoms. The van der Waals surface area contributed by atoms with Crippen molar-refractivity contribution < 1.29 is 5.11 Å². The van der Waals surface area contributed by atoms with E-state index >= 15 is 0 Å². The van der Waals surface area contributed by atoms with Gasteiger partial charge in [-0.05, 0) is 39.3 Å². The Labute approximate surface area is 120 Å². The molecule has 0 aliphatic carbocycles. The molecule has 1 unspecified atom stereocenters. The largest absolute Gasteiger partial charge is 0.389 e. The molecule has 1 atom stereocenters. The predicted octanol–water partition coefficient (Wildman–Crippen LogP) is 2.40. The highest BCUT2D eigenvalue weighted by atomic mass is 16.3. The Kier molecular flexibility index (Phi) is 3.52. The predicted molar refractivity (Wildman–Crippen MR) is 80.5 cm³/mol. The molecule has 1 aliphatic rings. The third-order valence-electron chi connectivity index (χ3n) is 4.16. The number of nitrogens with zero attached hydrogens (tertiary/aromatic N) is 3. The highest BCUT2D eigenvalue weighted by molar-refractivity contribution is 5.81. The number of rotatable bonds is 3. The molecule has 1 aromatic heterocycles. The topological polar surface area (TPSA) is 41.3 Å². The Hall–Kier alpha value is -1.39. The lowest BCUT2D eigenvalue weighted by Gasteiger charge is -2.36. The highest BCUT2D eigenvalue weighted by Crippen LogP contribution is 2.24. The van der Waals surface area contributed by atoms with Gasteiger partial charge in [-0.1, -0.05) is 18.2 Å². The molecule has 0 amide bonds. The van der Waals surface area contributed by atoms with Crippen LogP contribution in [0, 0.1) is 0 Å². The average molecular weight is 273 g/mol. The zero-order chi connectivity index (χ0) is 14.2. The van der Waals surface area contributed by atoms with Gasteiger partial charge in [0, 0.05) is 25.0 Å². The van der Waals surface area contributed by atoms with Gasteiger partial charge in [-0.3, -0.25) is 9.58 Å². The molecule has 0 radical (unpaired) electrons. The second-order valence-corrected chi connectivity index (χ2v) is 6.09. The number of likely N-dealkylation sites (tertiary alicyclic amines) is 1. The Balaban J connectivity index is 1.87. The van der Waals surface area contributed by atoms with Gasteiger partial charge in [-0.25, -0.2) is 0 Å². The second kappa shape index (κ2) is 5.19. The van der Waals surface area contributed by atoms with Gasteiger partial charge >= 0.3 is 0 Å². The number of aliphatic hydroxyl groups is 1. The molecule has 1 aromatic carbocycles. The average Bonchev–Trinajstić information content (AvgIpc) is 2.76. The van der Waals surface area contributed by atoms with Gasteiger partial charge in [0.15, 0.2) is 0 Å². The zero-order valence-corrected chi connectivity index (χ0v) is 12.3. The minimum atomic E-state index is -0.554. The first-order chi connectivity index (χ1) is 9.59. The van der Waals surface area contributed by atoms with Crippen LogP contribution in [0.15, 0.2) is 24.3 Å². The maximum absolute atomic E-state index is 10.2. The Bertz CT molecular complexity index is 603. The Morgan fingerprint density at radius 2 is 2.15 bits per heavy atom. The first kappa shape index (κ1) is 13.6. The monoisotopic (exact) mass is 273 g/mol. The molecular weight excluding hydrogens is 250 g/mol. The van der Waals surface area contributed by atoms with E-state index in [4.69, 9.17) is 5.10 Å². The van der Waals surface area contributed by atoms with Crippen LogP contribution in [0.4, 0.5) is 0 Å². The smallest absolute Gasteiger partial charge is 0.0843 e. The van der Waals surface area contributed by atoms with Crippen LogP contribution in [0.5, 0.6) is 0 Å². The summed E-state index contributed by atoms with van der Waals surface area (Å²) in [5.74, 6) is 0. The number of fused-ring (bicyclic) bond motifs is 1. The van der Waals surface area contributed by atoms with Gasteiger partial charge in [-0.15, -0.1) is 0 Å². The summed E-state index contributed by atoms with van der Waals surface area (Å²) in [5, 5.41) is 16.2. The molecule has 4 nitrogen and oxygen atoms in total. The summed E-state index contributed by atoms with van der Waals surface area (Å²) >= 11 is 0. The van der Waals surface area contributed by atoms with Crippen LogP contribution in [0.2, 0.25) is 0 Å². The van der Waals surface area contributed by atoms with Crippen molar-refractivity contribution in [1.82, 2.24) is 14.7 Å². The summed E-state index contributed by atoms with van der Waals surface area (Å²) in [6.45, 7) is 7.54. The van der Waals surface area contributed by atoms with Crippen LogP contribution in [0.3, 0.4) is 0 Å². The molecule has 2 aromatic rings. The normalized spacial score (nSPS) is 24.4. The lowest BCUT2D eigenvalue weighted by Crippen LogP contribution is -2.45. The Morgan fingerprint density at radius 1 is 1.35 bits per heavy atom. The fraction of sp³-hybridized carbons (Fsp3) is 0.562. The summed E-state index contributed by atoms with van der Waals surface area (Å²) in [6.07, 6.45) is 1.95. The first-order valence-electron chi connectivity index (χ1n) is 7.48. The van der Waals surface area contributed by atoms with Crippen LogP contribution in [-0.4, -0.2) is 38.5 Å². The summed E-state index contributed by atoms with van der Waals surface area (Å²) in [4.78, 5) is 2.32. The second-order valence-electron chi connectivity index (χ2n) is 6.09. The highest BCUT2D eigenvalue weighted by Gasteiger charge is 2.28. The van der Waals surface area contributed by atoms with E-state index in [-0.39, 0.29) is 0 Å². The van der Waals surface area contributed by atoms with Gasteiger partial charge < -0.3 is 5.11 Å². The van der Waals surface area contributed by atoms with Crippen LogP contribution < -0.4 is 0 Å². The summed E-state index contributed by atoms with van der Waals surface area (Å²) < 4.78 is 2.06. The molecule has 108 valence electrons. The van der Waals surface area contributed by atoms with Crippen molar-refractivity contribution in [2.45, 2.75) is 45.4 Å². The third kappa shape index (κ3) is 2.58. The van der Waals surface area contributed by atoms with E-state index in [0.717, 1.165) is 44.7 Å². The lowest BCUT2D eigenvalue weighted by molar-refractivity contribution is -0.0184. The number of hydrogen-bond donors (Lipinski definition) is 1. The molecule has 0 saturated carbocycles. The van der Waals surface area contributed by atoms with Crippen molar-refractivity contribution in [3.8, 4) is 0 Å². The minimum absolute atomic E-state index is 0.554. The summed E-state index contributed by atoms with van der Waals surface area (Å²) in [7, 11) is 0. The first-order valence-corrected chi connectivity index (χ1v) is 7.48. The van der Waals surface area contributed by atoms with Crippen molar-refractivity contribution in [1.29, 1.82) is 0 Å². The number of β-amino-alcohol motifs (C(OH)–C–C–N with tert-alkyl or cyclic N) is 1. The van der Waals surface area contributed by atoms with Gasteiger partial charge in [0.25, 0.3) is 0 Å². The SMILES string of the molecule is CCn1nc(CN2CCCC(C)(O)C2)c2ccccc21. The zero-order valence-electron chi connectivity index (χ0n) is 12.3. The molecule has 3 rings (SSSR count). The van der Waals surface area contributed by atoms with Crippen molar-refractivity contribution in [2.75, 3.05) is 13.1 Å². The number of benzene rings is 1. The van der Waals surface area contributed by atoms with E-state index in [1.807, 2.05) is 6.92 Å². The molecular formula is C16H23N3O. The van der Waals surface area contributed by atoms with Gasteiger partial charge in [-0.2, -0.15) is 5.10 Å². The van der Waals surface area contributed by atoms with E-state index < -0.39 is 5.60 Å². The number of aromatic nitrogens is 2. The third-order valence-corrected chi connectivity index (χ3v) is 4.16. The fourth-order valence-electron chi connectivity index (χ4n) is 3.22. The van der Waals surface area contributed by atoms with Gasteiger partial charge in [0.05, 0.1) is 16.8 Å². The standard InChI is InChI=1S/C16H23N3O/c1-3-19-15-8-5-4-7-13(15)14(17-19)11-18-10-6-9-16(2,20)12-18/h4-5,7-8,20H,3,6,9-12H2,1-2H3. The molecule has 2 heterocycles. The van der Waals surface area contributed by atoms with E-state index in [1.54, 1.807) is 0 Å². The number of aryl methyl sites for hydroxylation is 1. The number of para-hydroxylation sites is 1. The summed E-state index contributed by atoms with van der Waals surface area (Å²) in [5.41, 5.74) is 1.77. The molecule has 1 fully saturated rings. The minimum Gasteiger partial charge on any atom is -0.389 e.